The number of anilines is 1. The van der Waals surface area contributed by atoms with E-state index < -0.39 is 5.41 Å². The molecule has 1 aromatic heterocycles. The van der Waals surface area contributed by atoms with E-state index in [1.165, 1.54) is 0 Å². The topological polar surface area (TPSA) is 104 Å². The summed E-state index contributed by atoms with van der Waals surface area (Å²) in [6, 6.07) is 3.43. The SMILES string of the molecule is CC(C)(CN)C(=O)Nc1cc2[nH]c(=O)[nH]c2cc1Br. The molecule has 1 aromatic carbocycles. The highest BCUT2D eigenvalue weighted by Gasteiger charge is 2.26. The lowest BCUT2D eigenvalue weighted by Gasteiger charge is -2.21. The first-order valence-electron chi connectivity index (χ1n) is 5.76. The summed E-state index contributed by atoms with van der Waals surface area (Å²) in [5.41, 5.74) is 6.53. The number of nitrogens with two attached hydrogens (primary N) is 1. The van der Waals surface area contributed by atoms with Gasteiger partial charge >= 0.3 is 5.69 Å². The van der Waals surface area contributed by atoms with E-state index in [1.807, 2.05) is 0 Å². The van der Waals surface area contributed by atoms with Gasteiger partial charge in [0.05, 0.1) is 22.1 Å². The van der Waals surface area contributed by atoms with Crippen LogP contribution in [0.5, 0.6) is 0 Å². The number of halogens is 1. The van der Waals surface area contributed by atoms with E-state index in [9.17, 15) is 9.59 Å². The molecule has 1 heterocycles. The van der Waals surface area contributed by atoms with Gasteiger partial charge < -0.3 is 21.0 Å². The fourth-order valence-corrected chi connectivity index (χ4v) is 1.98. The second kappa shape index (κ2) is 4.82. The molecule has 19 heavy (non-hydrogen) atoms. The summed E-state index contributed by atoms with van der Waals surface area (Å²) in [5.74, 6) is -0.173. The van der Waals surface area contributed by atoms with Crippen LogP contribution in [0.1, 0.15) is 13.8 Å². The van der Waals surface area contributed by atoms with Gasteiger partial charge in [0.2, 0.25) is 5.91 Å². The van der Waals surface area contributed by atoms with Gasteiger partial charge in [0, 0.05) is 11.0 Å². The standard InChI is InChI=1S/C12H15BrN4O2/c1-12(2,5-14)10(18)15-7-4-9-8(3-6(7)13)16-11(19)17-9/h3-4H,5,14H2,1-2H3,(H,15,18)(H2,16,17,19). The number of hydrogen-bond acceptors (Lipinski definition) is 3. The molecule has 2 aromatic rings. The molecule has 0 aliphatic heterocycles. The van der Waals surface area contributed by atoms with E-state index in [2.05, 4.69) is 31.2 Å². The number of H-pyrrole nitrogens is 2. The van der Waals surface area contributed by atoms with Crippen LogP contribution in [-0.2, 0) is 4.79 Å². The van der Waals surface area contributed by atoms with Crippen LogP contribution in [0.4, 0.5) is 5.69 Å². The molecule has 0 radical (unpaired) electrons. The third-order valence-corrected chi connectivity index (χ3v) is 3.63. The molecule has 0 saturated carbocycles. The zero-order valence-corrected chi connectivity index (χ0v) is 12.2. The highest BCUT2D eigenvalue weighted by Crippen LogP contribution is 2.28. The number of aromatic nitrogens is 2. The minimum Gasteiger partial charge on any atom is -0.329 e. The van der Waals surface area contributed by atoms with Crippen molar-refractivity contribution in [2.75, 3.05) is 11.9 Å². The van der Waals surface area contributed by atoms with E-state index >= 15 is 0 Å². The van der Waals surface area contributed by atoms with Crippen LogP contribution in [0.2, 0.25) is 0 Å². The molecular formula is C12H15BrN4O2. The molecule has 0 saturated heterocycles. The Labute approximate surface area is 117 Å². The minimum atomic E-state index is -0.653. The first-order chi connectivity index (χ1) is 8.83. The molecule has 6 nitrogen and oxygen atoms in total. The smallest absolute Gasteiger partial charge is 0.323 e. The van der Waals surface area contributed by atoms with E-state index in [-0.39, 0.29) is 18.1 Å². The van der Waals surface area contributed by atoms with Crippen molar-refractivity contribution in [2.45, 2.75) is 13.8 Å². The largest absolute Gasteiger partial charge is 0.329 e. The second-order valence-electron chi connectivity index (χ2n) is 5.00. The molecule has 0 atom stereocenters. The Kier molecular flexibility index (Phi) is 3.51. The maximum atomic E-state index is 12.1. The third kappa shape index (κ3) is 2.71. The summed E-state index contributed by atoms with van der Waals surface area (Å²) in [5, 5.41) is 2.80. The number of hydrogen-bond donors (Lipinski definition) is 4. The molecule has 1 amide bonds. The summed E-state index contributed by atoms with van der Waals surface area (Å²) in [6.07, 6.45) is 0. The molecular weight excluding hydrogens is 312 g/mol. The van der Waals surface area contributed by atoms with Gasteiger partial charge in [-0.1, -0.05) is 0 Å². The molecule has 2 rings (SSSR count). The number of benzene rings is 1. The Morgan fingerprint density at radius 1 is 1.37 bits per heavy atom. The first kappa shape index (κ1) is 13.8. The Hall–Kier alpha value is -1.60. The lowest BCUT2D eigenvalue weighted by molar-refractivity contribution is -0.123. The maximum Gasteiger partial charge on any atom is 0.323 e. The maximum absolute atomic E-state index is 12.1. The van der Waals surface area contributed by atoms with Crippen molar-refractivity contribution in [3.63, 3.8) is 0 Å². The highest BCUT2D eigenvalue weighted by atomic mass is 79.9. The van der Waals surface area contributed by atoms with E-state index in [4.69, 9.17) is 5.73 Å². The Morgan fingerprint density at radius 2 is 1.95 bits per heavy atom. The van der Waals surface area contributed by atoms with Gasteiger partial charge in [0.1, 0.15) is 0 Å². The highest BCUT2D eigenvalue weighted by molar-refractivity contribution is 9.10. The first-order valence-corrected chi connectivity index (χ1v) is 6.56. The van der Waals surface area contributed by atoms with Crippen LogP contribution in [-0.4, -0.2) is 22.4 Å². The normalized spacial score (nSPS) is 11.8. The number of carbonyl (C=O) groups is 1. The second-order valence-corrected chi connectivity index (χ2v) is 5.85. The van der Waals surface area contributed by atoms with Crippen LogP contribution in [0.15, 0.2) is 21.4 Å². The predicted octanol–water partition coefficient (Wildman–Crippen LogP) is 1.54. The number of nitrogens with one attached hydrogen (secondary N) is 3. The molecule has 0 aliphatic rings. The van der Waals surface area contributed by atoms with Crippen LogP contribution in [0.3, 0.4) is 0 Å². The zero-order chi connectivity index (χ0) is 14.2. The minimum absolute atomic E-state index is 0.173. The Bertz CT molecular complexity index is 687. The lowest BCUT2D eigenvalue weighted by atomic mass is 9.92. The third-order valence-electron chi connectivity index (χ3n) is 2.98. The van der Waals surface area contributed by atoms with Crippen molar-refractivity contribution in [2.24, 2.45) is 11.1 Å². The molecule has 102 valence electrons. The average molecular weight is 327 g/mol. The van der Waals surface area contributed by atoms with Crippen LogP contribution in [0, 0.1) is 5.41 Å². The zero-order valence-electron chi connectivity index (χ0n) is 10.6. The van der Waals surface area contributed by atoms with Crippen LogP contribution < -0.4 is 16.7 Å². The van der Waals surface area contributed by atoms with Crippen LogP contribution in [0.25, 0.3) is 11.0 Å². The molecule has 0 aliphatic carbocycles. The van der Waals surface area contributed by atoms with E-state index in [0.717, 1.165) is 0 Å². The number of aromatic amines is 2. The van der Waals surface area contributed by atoms with Crippen molar-refractivity contribution in [3.05, 3.63) is 27.1 Å². The Balaban J connectivity index is 2.37. The molecule has 0 spiro atoms. The van der Waals surface area contributed by atoms with Crippen LogP contribution >= 0.6 is 15.9 Å². The monoisotopic (exact) mass is 326 g/mol. The Morgan fingerprint density at radius 3 is 2.53 bits per heavy atom. The quantitative estimate of drug-likeness (QED) is 0.687. The van der Waals surface area contributed by atoms with Crippen molar-refractivity contribution < 1.29 is 4.79 Å². The number of carbonyl (C=O) groups excluding carboxylic acids is 1. The van der Waals surface area contributed by atoms with Gasteiger partial charge in [0.25, 0.3) is 0 Å². The summed E-state index contributed by atoms with van der Waals surface area (Å²) in [4.78, 5) is 28.6. The summed E-state index contributed by atoms with van der Waals surface area (Å²) < 4.78 is 0.691. The summed E-state index contributed by atoms with van der Waals surface area (Å²) >= 11 is 3.36. The molecule has 0 bridgehead atoms. The molecule has 0 unspecified atom stereocenters. The van der Waals surface area contributed by atoms with Crippen molar-refractivity contribution >= 4 is 38.6 Å². The fourth-order valence-electron chi connectivity index (χ4n) is 1.54. The molecule has 7 heteroatoms. The summed E-state index contributed by atoms with van der Waals surface area (Å²) in [6.45, 7) is 3.79. The van der Waals surface area contributed by atoms with Gasteiger partial charge in [-0.2, -0.15) is 0 Å². The van der Waals surface area contributed by atoms with Crippen molar-refractivity contribution in [1.82, 2.24) is 9.97 Å². The van der Waals surface area contributed by atoms with Gasteiger partial charge in [0.15, 0.2) is 0 Å². The number of fused-ring (bicyclic) bond motifs is 1. The van der Waals surface area contributed by atoms with E-state index in [0.29, 0.717) is 21.2 Å². The van der Waals surface area contributed by atoms with Gasteiger partial charge in [-0.3, -0.25) is 4.79 Å². The molecule has 5 N–H and O–H groups in total. The van der Waals surface area contributed by atoms with Gasteiger partial charge in [-0.25, -0.2) is 4.79 Å². The van der Waals surface area contributed by atoms with Crippen molar-refractivity contribution in [1.29, 1.82) is 0 Å². The number of amides is 1. The number of rotatable bonds is 3. The average Bonchev–Trinajstić information content (AvgIpc) is 2.68. The predicted molar refractivity (Wildman–Crippen MR) is 78.1 cm³/mol. The fraction of sp³-hybridized carbons (Fsp3) is 0.333. The lowest BCUT2D eigenvalue weighted by Crippen LogP contribution is -2.37. The number of imidazole rings is 1. The molecule has 0 fully saturated rings. The van der Waals surface area contributed by atoms with Gasteiger partial charge in [-0.05, 0) is 41.9 Å². The summed E-state index contributed by atoms with van der Waals surface area (Å²) in [7, 11) is 0. The van der Waals surface area contributed by atoms with Crippen molar-refractivity contribution in [3.8, 4) is 0 Å². The van der Waals surface area contributed by atoms with Gasteiger partial charge in [-0.15, -0.1) is 0 Å². The van der Waals surface area contributed by atoms with E-state index in [1.54, 1.807) is 26.0 Å².